The van der Waals surface area contributed by atoms with Gasteiger partial charge in [0.05, 0.1) is 30.3 Å². The fraction of sp³-hybridized carbons (Fsp3) is 0.615. The fourth-order valence-electron chi connectivity index (χ4n) is 2.47. The lowest BCUT2D eigenvalue weighted by Crippen LogP contribution is -2.53. The number of amides is 1. The number of carboxylic acid groups (broad SMARTS) is 1. The van der Waals surface area contributed by atoms with Gasteiger partial charge in [0.15, 0.2) is 0 Å². The number of rotatable bonds is 6. The van der Waals surface area contributed by atoms with Gasteiger partial charge in [-0.15, -0.1) is 0 Å². The van der Waals surface area contributed by atoms with E-state index in [1.807, 2.05) is 0 Å². The molecule has 2 heterocycles. The Hall–Kier alpha value is -1.93. The Labute approximate surface area is 122 Å². The van der Waals surface area contributed by atoms with Gasteiger partial charge in [-0.2, -0.15) is 0 Å². The van der Waals surface area contributed by atoms with Crippen LogP contribution in [0.3, 0.4) is 0 Å². The van der Waals surface area contributed by atoms with Crippen LogP contribution in [0.2, 0.25) is 0 Å². The Morgan fingerprint density at radius 3 is 3.10 bits per heavy atom. The first kappa shape index (κ1) is 15.5. The lowest BCUT2D eigenvalue weighted by atomic mass is 10.0. The van der Waals surface area contributed by atoms with Crippen LogP contribution in [0, 0.1) is 0 Å². The van der Waals surface area contributed by atoms with Crippen LogP contribution in [0.15, 0.2) is 6.33 Å². The van der Waals surface area contributed by atoms with Crippen LogP contribution >= 0.6 is 0 Å². The molecule has 0 saturated heterocycles. The van der Waals surface area contributed by atoms with Gasteiger partial charge in [-0.1, -0.05) is 0 Å². The quantitative estimate of drug-likeness (QED) is 0.608. The van der Waals surface area contributed by atoms with Crippen LogP contribution in [0.4, 0.5) is 0 Å². The number of methoxy groups -OCH3 is 1. The van der Waals surface area contributed by atoms with Crippen LogP contribution in [-0.4, -0.2) is 57.7 Å². The van der Waals surface area contributed by atoms with E-state index in [2.05, 4.69) is 9.97 Å². The second-order valence-corrected chi connectivity index (χ2v) is 5.09. The first-order valence-electron chi connectivity index (χ1n) is 6.83. The molecule has 2 rings (SSSR count). The standard InChI is InChI=1S/C13H20N4O4/c1-21-4-2-3-8(14)12(18)17-6-10-9(15-7-16-10)5-11(17)13(19)20/h7-8,11H,2-6,14H2,1H3,(H,15,16)(H,19,20). The maximum Gasteiger partial charge on any atom is 0.326 e. The Balaban J connectivity index is 2.08. The average molecular weight is 296 g/mol. The minimum atomic E-state index is -1.04. The third-order valence-corrected chi connectivity index (χ3v) is 3.65. The molecule has 1 aromatic heterocycles. The van der Waals surface area contributed by atoms with Gasteiger partial charge in [-0.05, 0) is 12.8 Å². The fourth-order valence-corrected chi connectivity index (χ4v) is 2.47. The second-order valence-electron chi connectivity index (χ2n) is 5.09. The largest absolute Gasteiger partial charge is 0.480 e. The molecule has 116 valence electrons. The summed E-state index contributed by atoms with van der Waals surface area (Å²) in [5.74, 6) is -1.39. The number of carbonyl (C=O) groups is 2. The maximum absolute atomic E-state index is 12.4. The molecule has 8 heteroatoms. The van der Waals surface area contributed by atoms with Crippen LogP contribution < -0.4 is 5.73 Å². The van der Waals surface area contributed by atoms with Crippen molar-refractivity contribution in [1.29, 1.82) is 0 Å². The highest BCUT2D eigenvalue weighted by atomic mass is 16.5. The van der Waals surface area contributed by atoms with E-state index < -0.39 is 18.1 Å². The van der Waals surface area contributed by atoms with Gasteiger partial charge in [0.1, 0.15) is 6.04 Å². The van der Waals surface area contributed by atoms with E-state index in [9.17, 15) is 14.7 Å². The number of carboxylic acids is 1. The molecular formula is C13H20N4O4. The molecule has 1 aromatic rings. The molecule has 8 nitrogen and oxygen atoms in total. The van der Waals surface area contributed by atoms with Crippen molar-refractivity contribution in [3.63, 3.8) is 0 Å². The zero-order chi connectivity index (χ0) is 15.4. The predicted octanol–water partition coefficient (Wildman–Crippen LogP) is -0.498. The average Bonchev–Trinajstić information content (AvgIpc) is 2.92. The van der Waals surface area contributed by atoms with E-state index in [-0.39, 0.29) is 18.9 Å². The zero-order valence-corrected chi connectivity index (χ0v) is 11.9. The van der Waals surface area contributed by atoms with Gasteiger partial charge in [-0.25, -0.2) is 9.78 Å². The summed E-state index contributed by atoms with van der Waals surface area (Å²) in [6, 6.07) is -1.63. The minimum Gasteiger partial charge on any atom is -0.480 e. The van der Waals surface area contributed by atoms with Crippen LogP contribution in [-0.2, 0) is 27.3 Å². The van der Waals surface area contributed by atoms with Gasteiger partial charge >= 0.3 is 5.97 Å². The van der Waals surface area contributed by atoms with Crippen molar-refractivity contribution >= 4 is 11.9 Å². The third kappa shape index (κ3) is 3.40. The number of carbonyl (C=O) groups excluding carboxylic acids is 1. The molecule has 21 heavy (non-hydrogen) atoms. The molecule has 0 saturated carbocycles. The van der Waals surface area contributed by atoms with E-state index >= 15 is 0 Å². The summed E-state index contributed by atoms with van der Waals surface area (Å²) in [5.41, 5.74) is 7.34. The highest BCUT2D eigenvalue weighted by Gasteiger charge is 2.37. The Morgan fingerprint density at radius 1 is 1.67 bits per heavy atom. The molecule has 2 atom stereocenters. The number of hydrogen-bond donors (Lipinski definition) is 3. The van der Waals surface area contributed by atoms with Crippen molar-refractivity contribution in [2.45, 2.75) is 37.9 Å². The summed E-state index contributed by atoms with van der Waals surface area (Å²) < 4.78 is 4.93. The van der Waals surface area contributed by atoms with Crippen molar-refractivity contribution < 1.29 is 19.4 Å². The molecule has 0 aliphatic carbocycles. The van der Waals surface area contributed by atoms with Crippen molar-refractivity contribution in [1.82, 2.24) is 14.9 Å². The molecule has 0 fully saturated rings. The van der Waals surface area contributed by atoms with Crippen LogP contribution in [0.25, 0.3) is 0 Å². The van der Waals surface area contributed by atoms with Crippen molar-refractivity contribution in [2.75, 3.05) is 13.7 Å². The van der Waals surface area contributed by atoms with Crippen molar-refractivity contribution in [3.8, 4) is 0 Å². The highest BCUT2D eigenvalue weighted by molar-refractivity contribution is 5.87. The summed E-state index contributed by atoms with van der Waals surface area (Å²) in [7, 11) is 1.58. The first-order valence-corrected chi connectivity index (χ1v) is 6.83. The van der Waals surface area contributed by atoms with Gasteiger partial charge < -0.3 is 25.5 Å². The van der Waals surface area contributed by atoms with Crippen molar-refractivity contribution in [2.24, 2.45) is 5.73 Å². The predicted molar refractivity (Wildman–Crippen MR) is 73.4 cm³/mol. The minimum absolute atomic E-state index is 0.198. The normalized spacial score (nSPS) is 19.1. The number of imidazole rings is 1. The molecule has 0 bridgehead atoms. The van der Waals surface area contributed by atoms with Gasteiger partial charge in [0, 0.05) is 20.1 Å². The number of nitrogens with one attached hydrogen (secondary N) is 1. The lowest BCUT2D eigenvalue weighted by molar-refractivity contribution is -0.152. The van der Waals surface area contributed by atoms with E-state index in [1.165, 1.54) is 11.2 Å². The highest BCUT2D eigenvalue weighted by Crippen LogP contribution is 2.22. The number of ether oxygens (including phenoxy) is 1. The number of nitrogens with two attached hydrogens (primary N) is 1. The van der Waals surface area contributed by atoms with E-state index in [1.54, 1.807) is 7.11 Å². The smallest absolute Gasteiger partial charge is 0.326 e. The number of aliphatic carboxylic acids is 1. The summed E-state index contributed by atoms with van der Waals surface area (Å²) in [4.78, 5) is 32.1. The maximum atomic E-state index is 12.4. The number of aromatic amines is 1. The molecular weight excluding hydrogens is 276 g/mol. The van der Waals surface area contributed by atoms with Gasteiger partial charge in [-0.3, -0.25) is 4.79 Å². The Bertz CT molecular complexity index is 516. The van der Waals surface area contributed by atoms with Crippen LogP contribution in [0.1, 0.15) is 24.2 Å². The lowest BCUT2D eigenvalue weighted by Gasteiger charge is -2.34. The molecule has 0 spiro atoms. The van der Waals surface area contributed by atoms with Gasteiger partial charge in [0.2, 0.25) is 5.91 Å². The van der Waals surface area contributed by atoms with E-state index in [0.717, 1.165) is 5.69 Å². The summed E-state index contributed by atoms with van der Waals surface area (Å²) >= 11 is 0. The van der Waals surface area contributed by atoms with E-state index in [4.69, 9.17) is 10.5 Å². The summed E-state index contributed by atoms with van der Waals surface area (Å²) in [5, 5.41) is 9.32. The topological polar surface area (TPSA) is 122 Å². The molecule has 0 radical (unpaired) electrons. The molecule has 1 amide bonds. The van der Waals surface area contributed by atoms with Crippen molar-refractivity contribution in [3.05, 3.63) is 17.7 Å². The molecule has 4 N–H and O–H groups in total. The SMILES string of the molecule is COCCCC(N)C(=O)N1Cc2[nH]cnc2CC1C(=O)O. The number of fused-ring (bicyclic) bond motifs is 1. The molecule has 0 aromatic carbocycles. The number of hydrogen-bond acceptors (Lipinski definition) is 5. The molecule has 1 aliphatic heterocycles. The first-order chi connectivity index (χ1) is 10.0. The summed E-state index contributed by atoms with van der Waals surface area (Å²) in [6.45, 7) is 0.719. The molecule has 2 unspecified atom stereocenters. The monoisotopic (exact) mass is 296 g/mol. The zero-order valence-electron chi connectivity index (χ0n) is 11.9. The van der Waals surface area contributed by atoms with Gasteiger partial charge in [0.25, 0.3) is 0 Å². The number of H-pyrrole nitrogens is 1. The Kier molecular flexibility index (Phi) is 4.92. The number of aromatic nitrogens is 2. The van der Waals surface area contributed by atoms with E-state index in [0.29, 0.717) is 25.1 Å². The third-order valence-electron chi connectivity index (χ3n) is 3.65. The second kappa shape index (κ2) is 6.68. The number of nitrogens with zero attached hydrogens (tertiary/aromatic N) is 2. The molecule has 1 aliphatic rings. The summed E-state index contributed by atoms with van der Waals surface area (Å²) in [6.07, 6.45) is 2.83. The Morgan fingerprint density at radius 2 is 2.43 bits per heavy atom. The van der Waals surface area contributed by atoms with Crippen LogP contribution in [0.5, 0.6) is 0 Å².